The van der Waals surface area contributed by atoms with Gasteiger partial charge in [0.05, 0.1) is 10.8 Å². The summed E-state index contributed by atoms with van der Waals surface area (Å²) in [5.74, 6) is 0.872. The minimum absolute atomic E-state index is 0.363. The monoisotopic (exact) mass is 174 g/mol. The molecule has 4 nitrogen and oxygen atoms in total. The standard InChI is InChI=1S/C6H10N2O2S/c1-5(2)7-4-11-6(7)3-8(9)10/h3,5H,4H2,1-2H3. The summed E-state index contributed by atoms with van der Waals surface area (Å²) in [6.07, 6.45) is 1.06. The normalized spacial score (nSPS) is 20.6. The summed E-state index contributed by atoms with van der Waals surface area (Å²) in [4.78, 5) is 11.6. The van der Waals surface area contributed by atoms with Gasteiger partial charge < -0.3 is 4.90 Å². The van der Waals surface area contributed by atoms with Crippen molar-refractivity contribution in [2.45, 2.75) is 19.9 Å². The summed E-state index contributed by atoms with van der Waals surface area (Å²) in [7, 11) is 0. The lowest BCUT2D eigenvalue weighted by molar-refractivity contribution is -0.403. The van der Waals surface area contributed by atoms with Crippen molar-refractivity contribution in [1.82, 2.24) is 4.90 Å². The van der Waals surface area contributed by atoms with E-state index >= 15 is 0 Å². The Morgan fingerprint density at radius 3 is 2.73 bits per heavy atom. The Morgan fingerprint density at radius 2 is 2.45 bits per heavy atom. The Labute approximate surface area is 69.4 Å². The Hall–Kier alpha value is -0.710. The molecule has 0 aromatic heterocycles. The van der Waals surface area contributed by atoms with E-state index in [-0.39, 0.29) is 0 Å². The molecular formula is C6H10N2O2S. The fraction of sp³-hybridized carbons (Fsp3) is 0.667. The van der Waals surface area contributed by atoms with Gasteiger partial charge in [0.2, 0.25) is 0 Å². The molecule has 0 saturated carbocycles. The first-order valence-corrected chi connectivity index (χ1v) is 4.34. The van der Waals surface area contributed by atoms with Gasteiger partial charge in [-0.1, -0.05) is 11.8 Å². The van der Waals surface area contributed by atoms with E-state index in [1.165, 1.54) is 11.8 Å². The lowest BCUT2D eigenvalue weighted by atomic mass is 10.4. The van der Waals surface area contributed by atoms with E-state index in [1.54, 1.807) is 0 Å². The first-order chi connectivity index (χ1) is 5.11. The van der Waals surface area contributed by atoms with Gasteiger partial charge in [-0.25, -0.2) is 0 Å². The summed E-state index contributed by atoms with van der Waals surface area (Å²) in [6, 6.07) is 0.363. The molecule has 0 spiro atoms. The van der Waals surface area contributed by atoms with E-state index in [4.69, 9.17) is 0 Å². The molecule has 11 heavy (non-hydrogen) atoms. The average molecular weight is 174 g/mol. The van der Waals surface area contributed by atoms with Crippen LogP contribution < -0.4 is 0 Å². The third-order valence-electron chi connectivity index (χ3n) is 1.47. The number of thioether (sulfide) groups is 1. The summed E-state index contributed by atoms with van der Waals surface area (Å²) in [6.45, 7) is 4.04. The van der Waals surface area contributed by atoms with E-state index in [0.717, 1.165) is 17.1 Å². The maximum absolute atomic E-state index is 10.1. The molecule has 1 saturated heterocycles. The molecule has 62 valence electrons. The van der Waals surface area contributed by atoms with Gasteiger partial charge in [-0.3, -0.25) is 10.1 Å². The smallest absolute Gasteiger partial charge is 0.264 e. The topological polar surface area (TPSA) is 46.4 Å². The molecule has 0 aromatic rings. The van der Waals surface area contributed by atoms with Crippen molar-refractivity contribution in [3.63, 3.8) is 0 Å². The van der Waals surface area contributed by atoms with Crippen molar-refractivity contribution in [3.8, 4) is 0 Å². The number of hydrogen-bond acceptors (Lipinski definition) is 4. The highest BCUT2D eigenvalue weighted by Crippen LogP contribution is 2.34. The summed E-state index contributed by atoms with van der Waals surface area (Å²) >= 11 is 1.52. The van der Waals surface area contributed by atoms with Gasteiger partial charge in [0.1, 0.15) is 5.03 Å². The molecular weight excluding hydrogens is 164 g/mol. The molecule has 0 aliphatic carbocycles. The Balaban J connectivity index is 2.55. The maximum atomic E-state index is 10.1. The number of nitro groups is 1. The van der Waals surface area contributed by atoms with Crippen molar-refractivity contribution < 1.29 is 4.92 Å². The molecule has 1 rings (SSSR count). The summed E-state index contributed by atoms with van der Waals surface area (Å²) < 4.78 is 0. The highest BCUT2D eigenvalue weighted by atomic mass is 32.2. The second-order valence-electron chi connectivity index (χ2n) is 2.59. The van der Waals surface area contributed by atoms with E-state index in [9.17, 15) is 10.1 Å². The number of nitrogens with zero attached hydrogens (tertiary/aromatic N) is 2. The second-order valence-corrected chi connectivity index (χ2v) is 3.55. The first kappa shape index (κ1) is 8.39. The molecule has 0 amide bonds. The molecule has 0 aromatic carbocycles. The minimum Gasteiger partial charge on any atom is -0.349 e. The van der Waals surface area contributed by atoms with Gasteiger partial charge in [0, 0.05) is 6.04 Å². The molecule has 0 unspecified atom stereocenters. The minimum atomic E-state index is -0.406. The van der Waals surface area contributed by atoms with Crippen molar-refractivity contribution in [2.24, 2.45) is 0 Å². The largest absolute Gasteiger partial charge is 0.349 e. The Kier molecular flexibility index (Phi) is 2.38. The van der Waals surface area contributed by atoms with Crippen LogP contribution in [0, 0.1) is 10.1 Å². The van der Waals surface area contributed by atoms with Crippen molar-refractivity contribution >= 4 is 11.8 Å². The second kappa shape index (κ2) is 3.13. The van der Waals surface area contributed by atoms with Gasteiger partial charge in [-0.2, -0.15) is 0 Å². The van der Waals surface area contributed by atoms with Crippen LogP contribution in [0.2, 0.25) is 0 Å². The van der Waals surface area contributed by atoms with Crippen LogP contribution in [0.1, 0.15) is 13.8 Å². The average Bonchev–Trinajstić information content (AvgIpc) is 1.78. The van der Waals surface area contributed by atoms with E-state index < -0.39 is 4.92 Å². The van der Waals surface area contributed by atoms with Crippen molar-refractivity contribution in [2.75, 3.05) is 5.88 Å². The molecule has 0 N–H and O–H groups in total. The van der Waals surface area contributed by atoms with E-state index in [0.29, 0.717) is 6.04 Å². The van der Waals surface area contributed by atoms with Gasteiger partial charge in [0.25, 0.3) is 6.20 Å². The van der Waals surface area contributed by atoms with Crippen LogP contribution in [-0.4, -0.2) is 21.7 Å². The highest BCUT2D eigenvalue weighted by Gasteiger charge is 2.25. The molecule has 1 aliphatic heterocycles. The SMILES string of the molecule is CC(C)N1CSC1=C[N+](=O)[O-]. The Bertz CT molecular complexity index is 203. The number of hydrogen-bond donors (Lipinski definition) is 0. The van der Waals surface area contributed by atoms with Crippen LogP contribution in [0.5, 0.6) is 0 Å². The van der Waals surface area contributed by atoms with Gasteiger partial charge in [0.15, 0.2) is 0 Å². The molecule has 0 bridgehead atoms. The molecule has 1 heterocycles. The Morgan fingerprint density at radius 1 is 1.82 bits per heavy atom. The van der Waals surface area contributed by atoms with Crippen LogP contribution in [0.3, 0.4) is 0 Å². The molecule has 5 heteroatoms. The fourth-order valence-electron chi connectivity index (χ4n) is 0.819. The first-order valence-electron chi connectivity index (χ1n) is 3.36. The predicted molar refractivity (Wildman–Crippen MR) is 44.5 cm³/mol. The van der Waals surface area contributed by atoms with E-state index in [1.807, 2.05) is 18.7 Å². The zero-order valence-electron chi connectivity index (χ0n) is 6.48. The fourth-order valence-corrected chi connectivity index (χ4v) is 1.92. The lowest BCUT2D eigenvalue weighted by Crippen LogP contribution is -2.36. The van der Waals surface area contributed by atoms with Crippen LogP contribution in [-0.2, 0) is 0 Å². The zero-order valence-corrected chi connectivity index (χ0v) is 7.30. The summed E-state index contributed by atoms with van der Waals surface area (Å²) in [5, 5.41) is 10.8. The van der Waals surface area contributed by atoms with Crippen LogP contribution >= 0.6 is 11.8 Å². The quantitative estimate of drug-likeness (QED) is 0.470. The van der Waals surface area contributed by atoms with Crippen LogP contribution in [0.4, 0.5) is 0 Å². The lowest BCUT2D eigenvalue weighted by Gasteiger charge is -2.36. The maximum Gasteiger partial charge on any atom is 0.264 e. The molecule has 1 aliphatic rings. The van der Waals surface area contributed by atoms with Crippen molar-refractivity contribution in [3.05, 3.63) is 21.3 Å². The third-order valence-corrected chi connectivity index (χ3v) is 2.52. The number of rotatable bonds is 2. The zero-order chi connectivity index (χ0) is 8.43. The molecule has 1 fully saturated rings. The van der Waals surface area contributed by atoms with Gasteiger partial charge in [-0.15, -0.1) is 0 Å². The molecule has 0 radical (unpaired) electrons. The summed E-state index contributed by atoms with van der Waals surface area (Å²) in [5.41, 5.74) is 0. The van der Waals surface area contributed by atoms with Gasteiger partial charge >= 0.3 is 0 Å². The van der Waals surface area contributed by atoms with Crippen LogP contribution in [0.25, 0.3) is 0 Å². The van der Waals surface area contributed by atoms with Crippen molar-refractivity contribution in [1.29, 1.82) is 0 Å². The highest BCUT2D eigenvalue weighted by molar-refractivity contribution is 8.04. The third kappa shape index (κ3) is 1.86. The van der Waals surface area contributed by atoms with E-state index in [2.05, 4.69) is 0 Å². The predicted octanol–water partition coefficient (Wildman–Crippen LogP) is 1.48. The van der Waals surface area contributed by atoms with Crippen LogP contribution in [0.15, 0.2) is 11.2 Å². The molecule has 0 atom stereocenters. The van der Waals surface area contributed by atoms with Gasteiger partial charge in [-0.05, 0) is 13.8 Å².